The molecule has 0 unspecified atom stereocenters. The van der Waals surface area contributed by atoms with Crippen molar-refractivity contribution in [2.45, 2.75) is 6.18 Å². The van der Waals surface area contributed by atoms with E-state index in [1.54, 1.807) is 6.07 Å². The molecule has 4 nitrogen and oxygen atoms in total. The average molecular weight is 296 g/mol. The minimum absolute atomic E-state index is 0.0601. The van der Waals surface area contributed by atoms with Gasteiger partial charge in [0.15, 0.2) is 0 Å². The third-order valence-corrected chi connectivity index (χ3v) is 2.64. The van der Waals surface area contributed by atoms with Crippen LogP contribution < -0.4 is 16.2 Å². The second kappa shape index (κ2) is 5.35. The van der Waals surface area contributed by atoms with E-state index in [2.05, 4.69) is 0 Å². The van der Waals surface area contributed by atoms with E-state index >= 15 is 0 Å². The molecule has 0 aliphatic heterocycles. The Labute approximate surface area is 118 Å². The van der Waals surface area contributed by atoms with Gasteiger partial charge in [-0.2, -0.15) is 13.2 Å². The van der Waals surface area contributed by atoms with E-state index in [0.717, 1.165) is 6.07 Å². The molecule has 0 amide bonds. The molecule has 21 heavy (non-hydrogen) atoms. The van der Waals surface area contributed by atoms with Crippen LogP contribution in [0, 0.1) is 0 Å². The summed E-state index contributed by atoms with van der Waals surface area (Å²) in [5, 5.41) is 0. The monoisotopic (exact) mass is 296 g/mol. The minimum Gasteiger partial charge on any atom is -0.423 e. The summed E-state index contributed by atoms with van der Waals surface area (Å²) in [7, 11) is 0. The van der Waals surface area contributed by atoms with Gasteiger partial charge >= 0.3 is 12.1 Å². The maximum atomic E-state index is 12.9. The fourth-order valence-electron chi connectivity index (χ4n) is 1.71. The Kier molecular flexibility index (Phi) is 3.75. The third kappa shape index (κ3) is 3.44. The Morgan fingerprint density at radius 1 is 1.00 bits per heavy atom. The number of nitrogens with two attached hydrogens (primary N) is 2. The van der Waals surface area contributed by atoms with E-state index < -0.39 is 23.3 Å². The molecular weight excluding hydrogens is 285 g/mol. The van der Waals surface area contributed by atoms with Crippen molar-refractivity contribution >= 4 is 17.3 Å². The highest BCUT2D eigenvalue weighted by Crippen LogP contribution is 2.33. The highest BCUT2D eigenvalue weighted by atomic mass is 19.4. The number of alkyl halides is 3. The van der Waals surface area contributed by atoms with Gasteiger partial charge < -0.3 is 16.2 Å². The first-order chi connectivity index (χ1) is 9.77. The lowest BCUT2D eigenvalue weighted by Crippen LogP contribution is -2.17. The van der Waals surface area contributed by atoms with Crippen molar-refractivity contribution in [3.8, 4) is 5.75 Å². The lowest BCUT2D eigenvalue weighted by Gasteiger charge is -2.13. The van der Waals surface area contributed by atoms with Crippen LogP contribution in [0.3, 0.4) is 0 Å². The minimum atomic E-state index is -4.71. The van der Waals surface area contributed by atoms with E-state index in [1.807, 2.05) is 0 Å². The predicted octanol–water partition coefficient (Wildman–Crippen LogP) is 3.09. The summed E-state index contributed by atoms with van der Waals surface area (Å²) in [4.78, 5) is 11.9. The summed E-state index contributed by atoms with van der Waals surface area (Å²) in [6, 6.07) is 8.70. The predicted molar refractivity (Wildman–Crippen MR) is 71.7 cm³/mol. The Bertz CT molecular complexity index is 684. The van der Waals surface area contributed by atoms with Crippen molar-refractivity contribution in [1.82, 2.24) is 0 Å². The summed E-state index contributed by atoms with van der Waals surface area (Å²) in [6.07, 6.45) is -4.71. The van der Waals surface area contributed by atoms with Crippen LogP contribution in [0.2, 0.25) is 0 Å². The molecule has 2 aromatic rings. The first-order valence-corrected chi connectivity index (χ1v) is 5.82. The zero-order valence-corrected chi connectivity index (χ0v) is 10.6. The van der Waals surface area contributed by atoms with Crippen LogP contribution >= 0.6 is 0 Å². The molecule has 0 aromatic heterocycles. The lowest BCUT2D eigenvalue weighted by atomic mass is 10.1. The molecule has 0 aliphatic rings. The molecule has 0 fully saturated rings. The molecule has 0 heterocycles. The SMILES string of the molecule is Nc1cccc(OC(=O)c2ccc(N)cc2C(F)(F)F)c1. The summed E-state index contributed by atoms with van der Waals surface area (Å²) in [6.45, 7) is 0. The number of carbonyl (C=O) groups excluding carboxylic acids is 1. The van der Waals surface area contributed by atoms with Crippen molar-refractivity contribution in [1.29, 1.82) is 0 Å². The van der Waals surface area contributed by atoms with Crippen LogP contribution in [0.15, 0.2) is 42.5 Å². The molecule has 2 rings (SSSR count). The first kappa shape index (κ1) is 14.7. The van der Waals surface area contributed by atoms with E-state index in [-0.39, 0.29) is 11.4 Å². The normalized spacial score (nSPS) is 11.2. The van der Waals surface area contributed by atoms with Gasteiger partial charge in [-0.3, -0.25) is 0 Å². The lowest BCUT2D eigenvalue weighted by molar-refractivity contribution is -0.138. The molecule has 0 bridgehead atoms. The Morgan fingerprint density at radius 3 is 2.29 bits per heavy atom. The first-order valence-electron chi connectivity index (χ1n) is 5.82. The van der Waals surface area contributed by atoms with Gasteiger partial charge in [0.05, 0.1) is 11.1 Å². The second-order valence-electron chi connectivity index (χ2n) is 4.26. The van der Waals surface area contributed by atoms with Gasteiger partial charge in [0.2, 0.25) is 0 Å². The largest absolute Gasteiger partial charge is 0.423 e. The molecule has 0 saturated carbocycles. The second-order valence-corrected chi connectivity index (χ2v) is 4.26. The van der Waals surface area contributed by atoms with Gasteiger partial charge in [0, 0.05) is 17.4 Å². The number of anilines is 2. The molecule has 110 valence electrons. The molecule has 0 saturated heterocycles. The number of nitrogen functional groups attached to an aromatic ring is 2. The van der Waals surface area contributed by atoms with Gasteiger partial charge in [-0.1, -0.05) is 6.07 Å². The zero-order valence-electron chi connectivity index (χ0n) is 10.6. The topological polar surface area (TPSA) is 78.3 Å². The molecule has 0 aliphatic carbocycles. The van der Waals surface area contributed by atoms with E-state index in [9.17, 15) is 18.0 Å². The van der Waals surface area contributed by atoms with Crippen molar-refractivity contribution in [3.05, 3.63) is 53.6 Å². The number of ether oxygens (including phenoxy) is 1. The maximum absolute atomic E-state index is 12.9. The van der Waals surface area contributed by atoms with Gasteiger partial charge in [0.25, 0.3) is 0 Å². The smallest absolute Gasteiger partial charge is 0.417 e. The van der Waals surface area contributed by atoms with Crippen LogP contribution in [0.4, 0.5) is 24.5 Å². The molecular formula is C14H11F3N2O2. The third-order valence-electron chi connectivity index (χ3n) is 2.64. The number of esters is 1. The highest BCUT2D eigenvalue weighted by Gasteiger charge is 2.36. The number of benzene rings is 2. The maximum Gasteiger partial charge on any atom is 0.417 e. The molecule has 0 spiro atoms. The molecule has 2 aromatic carbocycles. The molecule has 4 N–H and O–H groups in total. The molecule has 0 atom stereocenters. The standard InChI is InChI=1S/C14H11F3N2O2/c15-14(16,17)12-7-9(19)4-5-11(12)13(20)21-10-3-1-2-8(18)6-10/h1-7H,18-19H2. The van der Waals surface area contributed by atoms with Crippen molar-refractivity contribution in [2.75, 3.05) is 11.5 Å². The fourth-order valence-corrected chi connectivity index (χ4v) is 1.71. The van der Waals surface area contributed by atoms with Gasteiger partial charge in [0.1, 0.15) is 5.75 Å². The number of hydrogen-bond acceptors (Lipinski definition) is 4. The number of hydrogen-bond donors (Lipinski definition) is 2. The summed E-state index contributed by atoms with van der Waals surface area (Å²) in [5.74, 6) is -1.07. The fraction of sp³-hybridized carbons (Fsp3) is 0.0714. The number of rotatable bonds is 2. The van der Waals surface area contributed by atoms with Crippen molar-refractivity contribution < 1.29 is 22.7 Å². The van der Waals surface area contributed by atoms with Gasteiger partial charge in [-0.05, 0) is 30.3 Å². The Morgan fingerprint density at radius 2 is 1.67 bits per heavy atom. The Balaban J connectivity index is 2.35. The van der Waals surface area contributed by atoms with E-state index in [1.165, 1.54) is 24.3 Å². The summed E-state index contributed by atoms with van der Waals surface area (Å²) >= 11 is 0. The van der Waals surface area contributed by atoms with Crippen LogP contribution in [-0.2, 0) is 6.18 Å². The van der Waals surface area contributed by atoms with Gasteiger partial charge in [-0.25, -0.2) is 4.79 Å². The van der Waals surface area contributed by atoms with Crippen LogP contribution in [0.1, 0.15) is 15.9 Å². The van der Waals surface area contributed by atoms with Crippen molar-refractivity contribution in [2.24, 2.45) is 0 Å². The van der Waals surface area contributed by atoms with Crippen molar-refractivity contribution in [3.63, 3.8) is 0 Å². The van der Waals surface area contributed by atoms with Gasteiger partial charge in [-0.15, -0.1) is 0 Å². The number of carbonyl (C=O) groups is 1. The van der Waals surface area contributed by atoms with Crippen LogP contribution in [0.25, 0.3) is 0 Å². The zero-order chi connectivity index (χ0) is 15.6. The average Bonchev–Trinajstić information content (AvgIpc) is 2.37. The van der Waals surface area contributed by atoms with Crippen LogP contribution in [0.5, 0.6) is 5.75 Å². The molecule has 0 radical (unpaired) electrons. The van der Waals surface area contributed by atoms with Crippen LogP contribution in [-0.4, -0.2) is 5.97 Å². The molecule has 7 heteroatoms. The van der Waals surface area contributed by atoms with E-state index in [4.69, 9.17) is 16.2 Å². The summed E-state index contributed by atoms with van der Waals surface area (Å²) < 4.78 is 43.6. The highest BCUT2D eigenvalue weighted by molar-refractivity contribution is 5.93. The number of halogens is 3. The van der Waals surface area contributed by atoms with E-state index in [0.29, 0.717) is 11.8 Å². The Hall–Kier alpha value is -2.70. The quantitative estimate of drug-likeness (QED) is 0.507. The summed E-state index contributed by atoms with van der Waals surface area (Å²) in [5.41, 5.74) is 9.31.